The fraction of sp³-hybridized carbons (Fsp3) is 0.500. The highest BCUT2D eigenvalue weighted by Crippen LogP contribution is 2.47. The molecule has 50 heavy (non-hydrogen) atoms. The lowest BCUT2D eigenvalue weighted by Gasteiger charge is -2.35. The highest BCUT2D eigenvalue weighted by Gasteiger charge is 2.50. The van der Waals surface area contributed by atoms with Gasteiger partial charge in [0.25, 0.3) is 6.08 Å². The molecule has 0 amide bonds. The standard InChI is InChI=1S/C34H33F8N7O/c1-17-7-23-21(12-44-47-23)25(27(17)34(40,41)42)26-22(36)8-20-29(28(26)39)45-31(50-16-33-4-2-6-49(33)14-19(35)9-33)46-30(20)48-13-18-3-5-32(15-48,43-11-18)10-24(37)38/h7-8,10,12,18-19,43H,2-6,9,11,13-16H2,1H3,(H,44,47)/t18-,19+,32-,33?/m0/s1. The molecule has 4 aromatic rings. The molecule has 0 radical (unpaired) electrons. The first kappa shape index (κ1) is 33.1. The van der Waals surface area contributed by atoms with Crippen molar-refractivity contribution in [2.24, 2.45) is 5.92 Å². The molecule has 4 atom stereocenters. The summed E-state index contributed by atoms with van der Waals surface area (Å²) in [7, 11) is 0. The lowest BCUT2D eigenvalue weighted by Crippen LogP contribution is -2.52. The minimum absolute atomic E-state index is 0.00805. The number of rotatable bonds is 6. The van der Waals surface area contributed by atoms with Crippen molar-refractivity contribution >= 4 is 27.6 Å². The van der Waals surface area contributed by atoms with Gasteiger partial charge in [-0.2, -0.15) is 37.0 Å². The Balaban J connectivity index is 1.33. The van der Waals surface area contributed by atoms with E-state index >= 15 is 8.78 Å². The van der Waals surface area contributed by atoms with E-state index < -0.39 is 63.3 Å². The summed E-state index contributed by atoms with van der Waals surface area (Å²) >= 11 is 0. The van der Waals surface area contributed by atoms with Crippen molar-refractivity contribution in [3.8, 4) is 17.1 Å². The number of benzene rings is 2. The quantitative estimate of drug-likeness (QED) is 0.208. The zero-order chi connectivity index (χ0) is 35.2. The number of nitrogens with zero attached hydrogens (tertiary/aromatic N) is 5. The molecule has 5 aliphatic heterocycles. The normalized spacial score (nSPS) is 26.9. The zero-order valence-corrected chi connectivity index (χ0v) is 26.9. The molecule has 2 aromatic carbocycles. The van der Waals surface area contributed by atoms with Crippen molar-refractivity contribution in [2.45, 2.75) is 62.5 Å². The topological polar surface area (TPSA) is 82.2 Å². The summed E-state index contributed by atoms with van der Waals surface area (Å²) in [5.74, 6) is -2.70. The number of alkyl halides is 4. The Morgan fingerprint density at radius 1 is 1.10 bits per heavy atom. The molecular weight excluding hydrogens is 674 g/mol. The van der Waals surface area contributed by atoms with Crippen LogP contribution >= 0.6 is 0 Å². The van der Waals surface area contributed by atoms with Crippen molar-refractivity contribution in [1.29, 1.82) is 0 Å². The van der Waals surface area contributed by atoms with Crippen LogP contribution in [0.15, 0.2) is 30.5 Å². The predicted molar refractivity (Wildman–Crippen MR) is 169 cm³/mol. The molecule has 0 saturated carbocycles. The summed E-state index contributed by atoms with van der Waals surface area (Å²) in [5.41, 5.74) is -5.36. The third-order valence-corrected chi connectivity index (χ3v) is 10.9. The summed E-state index contributed by atoms with van der Waals surface area (Å²) in [6.45, 7) is 2.74. The summed E-state index contributed by atoms with van der Waals surface area (Å²) in [4.78, 5) is 12.5. The number of halogens is 8. The van der Waals surface area contributed by atoms with Crippen molar-refractivity contribution in [2.75, 3.05) is 44.2 Å². The minimum atomic E-state index is -4.99. The number of ether oxygens (including phenoxy) is 1. The van der Waals surface area contributed by atoms with Crippen LogP contribution in [-0.4, -0.2) is 81.6 Å². The van der Waals surface area contributed by atoms with Crippen LogP contribution in [0.5, 0.6) is 6.01 Å². The number of fused-ring (bicyclic) bond motifs is 7. The first-order valence-corrected chi connectivity index (χ1v) is 16.6. The first-order valence-electron chi connectivity index (χ1n) is 16.6. The maximum atomic E-state index is 17.0. The maximum Gasteiger partial charge on any atom is 0.417 e. The largest absolute Gasteiger partial charge is 0.461 e. The highest BCUT2D eigenvalue weighted by molar-refractivity contribution is 6.01. The third-order valence-electron chi connectivity index (χ3n) is 10.9. The maximum absolute atomic E-state index is 17.0. The van der Waals surface area contributed by atoms with Gasteiger partial charge < -0.3 is 15.0 Å². The Hall–Kier alpha value is -4.05. The number of hydrogen-bond donors (Lipinski definition) is 2. The fourth-order valence-electron chi connectivity index (χ4n) is 8.74. The van der Waals surface area contributed by atoms with E-state index in [0.29, 0.717) is 38.9 Å². The summed E-state index contributed by atoms with van der Waals surface area (Å²) in [6, 6.07) is 1.76. The van der Waals surface area contributed by atoms with E-state index in [1.54, 1.807) is 4.90 Å². The average Bonchev–Trinajstić information content (AvgIpc) is 3.66. The van der Waals surface area contributed by atoms with Crippen LogP contribution < -0.4 is 15.0 Å². The van der Waals surface area contributed by atoms with E-state index in [4.69, 9.17) is 4.74 Å². The Kier molecular flexibility index (Phi) is 7.78. The third kappa shape index (κ3) is 5.45. The lowest BCUT2D eigenvalue weighted by atomic mass is 9.86. The molecule has 16 heteroatoms. The Bertz CT molecular complexity index is 2020. The Labute approximate surface area is 280 Å². The molecule has 2 N–H and O–H groups in total. The van der Waals surface area contributed by atoms with Crippen LogP contribution in [0.3, 0.4) is 0 Å². The Morgan fingerprint density at radius 2 is 1.92 bits per heavy atom. The van der Waals surface area contributed by atoms with E-state index in [1.807, 2.05) is 4.90 Å². The van der Waals surface area contributed by atoms with Crippen LogP contribution in [0.25, 0.3) is 32.9 Å². The van der Waals surface area contributed by atoms with E-state index in [1.165, 1.54) is 13.0 Å². The van der Waals surface area contributed by atoms with E-state index in [2.05, 4.69) is 25.5 Å². The molecule has 5 fully saturated rings. The minimum Gasteiger partial charge on any atom is -0.461 e. The number of H-pyrrole nitrogens is 1. The van der Waals surface area contributed by atoms with Gasteiger partial charge in [-0.15, -0.1) is 0 Å². The SMILES string of the molecule is Cc1cc2[nH]ncc2c(-c2c(F)cc3c(N4C[C@H]5CC[C@](C=C(F)F)(C4)NC5)nc(OCC45CCCN4C[C@H](F)C5)nc3c2F)c1C(F)(F)F. The summed E-state index contributed by atoms with van der Waals surface area (Å²) < 4.78 is 125. The molecule has 8 nitrogen and oxygen atoms in total. The van der Waals surface area contributed by atoms with Crippen molar-refractivity contribution in [3.05, 3.63) is 53.2 Å². The van der Waals surface area contributed by atoms with Gasteiger partial charge in [0.15, 0.2) is 5.82 Å². The van der Waals surface area contributed by atoms with E-state index in [9.17, 15) is 26.3 Å². The fourth-order valence-corrected chi connectivity index (χ4v) is 8.74. The number of aromatic amines is 1. The number of aromatic nitrogens is 4. The van der Waals surface area contributed by atoms with Gasteiger partial charge in [-0.3, -0.25) is 10.00 Å². The molecule has 9 rings (SSSR count). The summed E-state index contributed by atoms with van der Waals surface area (Å²) in [6.07, 6.45) is -3.36. The first-order chi connectivity index (χ1) is 23.8. The van der Waals surface area contributed by atoms with Gasteiger partial charge in [0.05, 0.1) is 33.9 Å². The molecular formula is C34H33F8N7O. The molecule has 0 spiro atoms. The lowest BCUT2D eigenvalue weighted by molar-refractivity contribution is -0.137. The van der Waals surface area contributed by atoms with Crippen LogP contribution in [-0.2, 0) is 6.18 Å². The molecule has 7 heterocycles. The monoisotopic (exact) mass is 707 g/mol. The molecule has 2 bridgehead atoms. The summed E-state index contributed by atoms with van der Waals surface area (Å²) in [5, 5.41) is 9.29. The second kappa shape index (κ2) is 11.8. The van der Waals surface area contributed by atoms with Gasteiger partial charge >= 0.3 is 12.2 Å². The number of piperidine rings is 1. The van der Waals surface area contributed by atoms with E-state index in [0.717, 1.165) is 24.8 Å². The van der Waals surface area contributed by atoms with Gasteiger partial charge in [-0.1, -0.05) is 0 Å². The molecule has 2 aromatic heterocycles. The molecule has 5 aliphatic rings. The van der Waals surface area contributed by atoms with Gasteiger partial charge in [-0.25, -0.2) is 13.2 Å². The van der Waals surface area contributed by atoms with Crippen LogP contribution in [0, 0.1) is 24.5 Å². The Morgan fingerprint density at radius 3 is 2.66 bits per heavy atom. The number of anilines is 1. The second-order valence-corrected chi connectivity index (χ2v) is 14.2. The molecule has 1 unspecified atom stereocenters. The highest BCUT2D eigenvalue weighted by atomic mass is 19.4. The number of nitrogens with one attached hydrogen (secondary N) is 2. The van der Waals surface area contributed by atoms with E-state index in [-0.39, 0.29) is 65.7 Å². The average molecular weight is 708 g/mol. The van der Waals surface area contributed by atoms with Gasteiger partial charge in [-0.05, 0) is 62.8 Å². The number of hydrogen-bond acceptors (Lipinski definition) is 7. The molecule has 0 aliphatic carbocycles. The van der Waals surface area contributed by atoms with Crippen LogP contribution in [0.4, 0.5) is 40.9 Å². The smallest absolute Gasteiger partial charge is 0.417 e. The van der Waals surface area contributed by atoms with Crippen LogP contribution in [0.2, 0.25) is 0 Å². The second-order valence-electron chi connectivity index (χ2n) is 14.2. The zero-order valence-electron chi connectivity index (χ0n) is 26.9. The number of aryl methyl sites for hydroxylation is 1. The predicted octanol–water partition coefficient (Wildman–Crippen LogP) is 7.07. The molecule has 266 valence electrons. The van der Waals surface area contributed by atoms with Crippen LogP contribution in [0.1, 0.15) is 43.2 Å². The van der Waals surface area contributed by atoms with Crippen molar-refractivity contribution in [3.63, 3.8) is 0 Å². The van der Waals surface area contributed by atoms with Crippen molar-refractivity contribution < 1.29 is 39.9 Å². The van der Waals surface area contributed by atoms with Gasteiger partial charge in [0.2, 0.25) is 0 Å². The van der Waals surface area contributed by atoms with Gasteiger partial charge in [0, 0.05) is 55.0 Å². The molecule has 5 saturated heterocycles. The van der Waals surface area contributed by atoms with Crippen molar-refractivity contribution in [1.82, 2.24) is 30.4 Å². The van der Waals surface area contributed by atoms with Gasteiger partial charge in [0.1, 0.15) is 29.9 Å².